The third-order valence-corrected chi connectivity index (χ3v) is 2.71. The summed E-state index contributed by atoms with van der Waals surface area (Å²) >= 11 is 4.90. The zero-order chi connectivity index (χ0) is 13.5. The Labute approximate surface area is 113 Å². The van der Waals surface area contributed by atoms with Crippen molar-refractivity contribution in [1.82, 2.24) is 5.32 Å². The monoisotopic (exact) mass is 266 g/mol. The van der Waals surface area contributed by atoms with Crippen LogP contribution >= 0.6 is 12.2 Å². The Morgan fingerprint density at radius 3 is 2.50 bits per heavy atom. The lowest BCUT2D eigenvalue weighted by molar-refractivity contribution is 0.136. The molecule has 0 radical (unpaired) electrons. The second-order valence-electron chi connectivity index (χ2n) is 4.33. The van der Waals surface area contributed by atoms with E-state index in [-0.39, 0.29) is 23.6 Å². The maximum atomic E-state index is 11.6. The van der Waals surface area contributed by atoms with Crippen molar-refractivity contribution < 1.29 is 9.53 Å². The zero-order valence-electron chi connectivity index (χ0n) is 10.6. The highest BCUT2D eigenvalue weighted by molar-refractivity contribution is 7.80. The molecule has 0 fully saturated rings. The van der Waals surface area contributed by atoms with E-state index >= 15 is 0 Å². The number of rotatable bonds is 5. The van der Waals surface area contributed by atoms with Crippen LogP contribution in [0.1, 0.15) is 19.4 Å². The van der Waals surface area contributed by atoms with E-state index in [0.29, 0.717) is 0 Å². The fourth-order valence-electron chi connectivity index (χ4n) is 1.46. The number of carbonyl (C=O) groups is 1. The van der Waals surface area contributed by atoms with E-state index in [2.05, 4.69) is 5.32 Å². The maximum Gasteiger partial charge on any atom is 0.408 e. The number of alkyl carbamates (subject to hydrolysis) is 1. The molecule has 0 saturated carbocycles. The van der Waals surface area contributed by atoms with Crippen molar-refractivity contribution in [3.8, 4) is 0 Å². The summed E-state index contributed by atoms with van der Waals surface area (Å²) in [5, 5.41) is 2.66. The number of nitrogens with two attached hydrogens (primary N) is 1. The summed E-state index contributed by atoms with van der Waals surface area (Å²) in [4.78, 5) is 11.9. The number of amides is 1. The van der Waals surface area contributed by atoms with Crippen molar-refractivity contribution in [2.75, 3.05) is 0 Å². The second-order valence-corrected chi connectivity index (χ2v) is 4.80. The topological polar surface area (TPSA) is 64.3 Å². The predicted octanol–water partition coefficient (Wildman–Crippen LogP) is 2.22. The molecular weight excluding hydrogens is 248 g/mol. The summed E-state index contributed by atoms with van der Waals surface area (Å²) in [5.41, 5.74) is 6.49. The van der Waals surface area contributed by atoms with E-state index in [0.717, 1.165) is 5.56 Å². The van der Waals surface area contributed by atoms with Gasteiger partial charge in [0.25, 0.3) is 0 Å². The first kappa shape index (κ1) is 14.4. The first-order valence-corrected chi connectivity index (χ1v) is 6.18. The van der Waals surface area contributed by atoms with Gasteiger partial charge in [0.05, 0.1) is 11.0 Å². The molecule has 1 aromatic rings. The Kier molecular flexibility index (Phi) is 5.58. The highest BCUT2D eigenvalue weighted by Crippen LogP contribution is 2.04. The smallest absolute Gasteiger partial charge is 0.408 e. The fourth-order valence-corrected chi connectivity index (χ4v) is 1.79. The second kappa shape index (κ2) is 6.96. The van der Waals surface area contributed by atoms with Gasteiger partial charge < -0.3 is 15.8 Å². The highest BCUT2D eigenvalue weighted by atomic mass is 32.1. The van der Waals surface area contributed by atoms with Crippen LogP contribution in [0.25, 0.3) is 0 Å². The number of benzene rings is 1. The maximum absolute atomic E-state index is 11.6. The minimum absolute atomic E-state index is 0.131. The number of nitrogens with one attached hydrogen (secondary N) is 1. The van der Waals surface area contributed by atoms with Crippen LogP contribution in [-0.4, -0.2) is 17.1 Å². The van der Waals surface area contributed by atoms with Gasteiger partial charge in [0, 0.05) is 0 Å². The Balaban J connectivity index is 2.44. The van der Waals surface area contributed by atoms with Gasteiger partial charge in [-0.2, -0.15) is 0 Å². The number of ether oxygens (including phenoxy) is 1. The van der Waals surface area contributed by atoms with Crippen LogP contribution in [-0.2, 0) is 11.3 Å². The Bertz CT molecular complexity index is 407. The van der Waals surface area contributed by atoms with Crippen molar-refractivity contribution in [3.05, 3.63) is 35.9 Å². The molecular formula is C13H18N2O2S. The van der Waals surface area contributed by atoms with Gasteiger partial charge >= 0.3 is 6.09 Å². The molecule has 0 heterocycles. The van der Waals surface area contributed by atoms with E-state index in [9.17, 15) is 4.79 Å². The molecule has 0 spiro atoms. The molecule has 3 N–H and O–H groups in total. The number of hydrogen-bond acceptors (Lipinski definition) is 3. The molecule has 1 unspecified atom stereocenters. The van der Waals surface area contributed by atoms with Gasteiger partial charge in [0.1, 0.15) is 6.61 Å². The van der Waals surface area contributed by atoms with E-state index in [1.807, 2.05) is 44.2 Å². The molecule has 0 aliphatic rings. The molecule has 0 saturated heterocycles. The fraction of sp³-hybridized carbons (Fsp3) is 0.385. The van der Waals surface area contributed by atoms with Crippen LogP contribution in [0, 0.1) is 5.92 Å². The summed E-state index contributed by atoms with van der Waals surface area (Å²) in [6, 6.07) is 9.13. The van der Waals surface area contributed by atoms with Gasteiger partial charge in [0.2, 0.25) is 0 Å². The minimum Gasteiger partial charge on any atom is -0.445 e. The molecule has 0 aliphatic carbocycles. The number of thiocarbonyl (C=S) groups is 1. The molecule has 4 nitrogen and oxygen atoms in total. The predicted molar refractivity (Wildman–Crippen MR) is 75.2 cm³/mol. The van der Waals surface area contributed by atoms with Gasteiger partial charge in [-0.1, -0.05) is 56.4 Å². The Morgan fingerprint density at radius 2 is 2.00 bits per heavy atom. The summed E-state index contributed by atoms with van der Waals surface area (Å²) in [6.45, 7) is 4.09. The average Bonchev–Trinajstić information content (AvgIpc) is 2.34. The van der Waals surface area contributed by atoms with Crippen molar-refractivity contribution in [3.63, 3.8) is 0 Å². The third-order valence-electron chi connectivity index (χ3n) is 2.46. The van der Waals surface area contributed by atoms with Gasteiger partial charge in [0.15, 0.2) is 0 Å². The molecule has 1 amide bonds. The van der Waals surface area contributed by atoms with E-state index in [4.69, 9.17) is 22.7 Å². The van der Waals surface area contributed by atoms with Crippen LogP contribution in [0.4, 0.5) is 4.79 Å². The standard InChI is InChI=1S/C13H18N2O2S/c1-9(2)11(12(14)18)15-13(16)17-8-10-6-4-3-5-7-10/h3-7,9,11H,8H2,1-2H3,(H2,14,18)(H,15,16). The summed E-state index contributed by atoms with van der Waals surface area (Å²) in [6.07, 6.45) is -0.509. The average molecular weight is 266 g/mol. The first-order valence-electron chi connectivity index (χ1n) is 5.77. The van der Waals surface area contributed by atoms with Crippen molar-refractivity contribution in [2.45, 2.75) is 26.5 Å². The molecule has 18 heavy (non-hydrogen) atoms. The quantitative estimate of drug-likeness (QED) is 0.802. The largest absolute Gasteiger partial charge is 0.445 e. The summed E-state index contributed by atoms with van der Waals surface area (Å²) in [7, 11) is 0. The Morgan fingerprint density at radius 1 is 1.39 bits per heavy atom. The normalized spacial score (nSPS) is 11.9. The first-order chi connectivity index (χ1) is 8.50. The summed E-state index contributed by atoms with van der Waals surface area (Å²) in [5.74, 6) is 0.131. The van der Waals surface area contributed by atoms with Crippen molar-refractivity contribution in [1.29, 1.82) is 0 Å². The molecule has 1 rings (SSSR count). The molecule has 5 heteroatoms. The van der Waals surface area contributed by atoms with Crippen LogP contribution < -0.4 is 11.1 Å². The minimum atomic E-state index is -0.509. The summed E-state index contributed by atoms with van der Waals surface area (Å²) < 4.78 is 5.09. The molecule has 0 aliphatic heterocycles. The lowest BCUT2D eigenvalue weighted by Gasteiger charge is -2.20. The van der Waals surface area contributed by atoms with Crippen LogP contribution in [0.15, 0.2) is 30.3 Å². The highest BCUT2D eigenvalue weighted by Gasteiger charge is 2.19. The van der Waals surface area contributed by atoms with E-state index < -0.39 is 6.09 Å². The SMILES string of the molecule is CC(C)C(NC(=O)OCc1ccccc1)C(N)=S. The molecule has 1 atom stereocenters. The van der Waals surface area contributed by atoms with Crippen LogP contribution in [0.5, 0.6) is 0 Å². The van der Waals surface area contributed by atoms with Gasteiger partial charge in [-0.05, 0) is 11.5 Å². The van der Waals surface area contributed by atoms with E-state index in [1.165, 1.54) is 0 Å². The molecule has 1 aromatic carbocycles. The zero-order valence-corrected chi connectivity index (χ0v) is 11.4. The van der Waals surface area contributed by atoms with Crippen molar-refractivity contribution >= 4 is 23.3 Å². The van der Waals surface area contributed by atoms with Crippen LogP contribution in [0.2, 0.25) is 0 Å². The van der Waals surface area contributed by atoms with Gasteiger partial charge in [-0.3, -0.25) is 0 Å². The molecule has 0 aromatic heterocycles. The van der Waals surface area contributed by atoms with Gasteiger partial charge in [-0.25, -0.2) is 4.79 Å². The Hall–Kier alpha value is -1.62. The lowest BCUT2D eigenvalue weighted by atomic mass is 10.1. The van der Waals surface area contributed by atoms with Crippen LogP contribution in [0.3, 0.4) is 0 Å². The lowest BCUT2D eigenvalue weighted by Crippen LogP contribution is -2.46. The number of carbonyl (C=O) groups excluding carboxylic acids is 1. The van der Waals surface area contributed by atoms with Gasteiger partial charge in [-0.15, -0.1) is 0 Å². The molecule has 0 bridgehead atoms. The third kappa shape index (κ3) is 4.71. The number of hydrogen-bond donors (Lipinski definition) is 2. The molecule has 98 valence electrons. The van der Waals surface area contributed by atoms with Crippen molar-refractivity contribution in [2.24, 2.45) is 11.7 Å². The van der Waals surface area contributed by atoms with E-state index in [1.54, 1.807) is 0 Å².